The lowest BCUT2D eigenvalue weighted by molar-refractivity contribution is -0.114. The Kier molecular flexibility index (Phi) is 6.31. The van der Waals surface area contributed by atoms with E-state index in [0.717, 1.165) is 0 Å². The third-order valence-electron chi connectivity index (χ3n) is 3.03. The molecule has 8 heteroatoms. The molecule has 2 aromatic carbocycles. The van der Waals surface area contributed by atoms with Crippen LogP contribution in [0.2, 0.25) is 15.1 Å². The molecule has 0 unspecified atom stereocenters. The Morgan fingerprint density at radius 3 is 2.38 bits per heavy atom. The average Bonchev–Trinajstić information content (AvgIpc) is 2.56. The molecule has 0 aromatic heterocycles. The summed E-state index contributed by atoms with van der Waals surface area (Å²) in [6.07, 6.45) is 0. The number of benzene rings is 2. The maximum absolute atomic E-state index is 12.0. The first-order chi connectivity index (χ1) is 11.4. The van der Waals surface area contributed by atoms with Crippen LogP contribution in [-0.4, -0.2) is 25.5 Å². The second-order valence-electron chi connectivity index (χ2n) is 4.72. The summed E-state index contributed by atoms with van der Waals surface area (Å²) in [6.45, 7) is -0.0510. The van der Waals surface area contributed by atoms with Crippen molar-refractivity contribution in [3.05, 3.63) is 57.0 Å². The highest BCUT2D eigenvalue weighted by molar-refractivity contribution is 6.42. The topological polar surface area (TPSA) is 67.4 Å². The fourth-order valence-electron chi connectivity index (χ4n) is 1.86. The van der Waals surface area contributed by atoms with E-state index in [1.165, 1.54) is 19.2 Å². The first-order valence-corrected chi connectivity index (χ1v) is 7.90. The van der Waals surface area contributed by atoms with Gasteiger partial charge in [0.1, 0.15) is 0 Å². The molecule has 1 amide bonds. The van der Waals surface area contributed by atoms with E-state index in [4.69, 9.17) is 34.8 Å². The lowest BCUT2D eigenvalue weighted by Gasteiger charge is -2.11. The predicted molar refractivity (Wildman–Crippen MR) is 96.4 cm³/mol. The number of anilines is 2. The van der Waals surface area contributed by atoms with Crippen molar-refractivity contribution in [2.75, 3.05) is 24.3 Å². The van der Waals surface area contributed by atoms with Crippen molar-refractivity contribution in [2.24, 2.45) is 0 Å². The first kappa shape index (κ1) is 18.4. The van der Waals surface area contributed by atoms with E-state index < -0.39 is 5.97 Å². The Hall–Kier alpha value is -1.95. The van der Waals surface area contributed by atoms with Gasteiger partial charge >= 0.3 is 5.97 Å². The number of esters is 1. The van der Waals surface area contributed by atoms with Crippen molar-refractivity contribution in [3.63, 3.8) is 0 Å². The SMILES string of the molecule is COC(=O)c1ccc(Cl)c(NCC(=O)Nc2ccc(Cl)c(Cl)c2)c1. The van der Waals surface area contributed by atoms with Crippen molar-refractivity contribution in [2.45, 2.75) is 0 Å². The number of hydrogen-bond donors (Lipinski definition) is 2. The van der Waals surface area contributed by atoms with Gasteiger partial charge in [-0.2, -0.15) is 0 Å². The van der Waals surface area contributed by atoms with Crippen molar-refractivity contribution >= 4 is 58.1 Å². The Morgan fingerprint density at radius 1 is 1.00 bits per heavy atom. The van der Waals surface area contributed by atoms with Crippen LogP contribution in [0, 0.1) is 0 Å². The molecular weight excluding hydrogens is 375 g/mol. The van der Waals surface area contributed by atoms with Gasteiger partial charge in [-0.1, -0.05) is 34.8 Å². The number of halogens is 3. The minimum absolute atomic E-state index is 0.0510. The second-order valence-corrected chi connectivity index (χ2v) is 5.94. The third kappa shape index (κ3) is 4.77. The fourth-order valence-corrected chi connectivity index (χ4v) is 2.34. The van der Waals surface area contributed by atoms with E-state index >= 15 is 0 Å². The summed E-state index contributed by atoms with van der Waals surface area (Å²) < 4.78 is 4.64. The van der Waals surface area contributed by atoms with Crippen molar-refractivity contribution < 1.29 is 14.3 Å². The maximum Gasteiger partial charge on any atom is 0.337 e. The molecule has 0 bridgehead atoms. The number of methoxy groups -OCH3 is 1. The molecule has 2 aromatic rings. The van der Waals surface area contributed by atoms with Gasteiger partial charge in [0, 0.05) is 5.69 Å². The normalized spacial score (nSPS) is 10.2. The standard InChI is InChI=1S/C16H13Cl3N2O3/c1-24-16(23)9-2-4-12(18)14(6-9)20-8-15(22)21-10-3-5-11(17)13(19)7-10/h2-7,20H,8H2,1H3,(H,21,22). The van der Waals surface area contributed by atoms with Crippen LogP contribution < -0.4 is 10.6 Å². The molecular formula is C16H13Cl3N2O3. The van der Waals surface area contributed by atoms with Crippen LogP contribution in [0.4, 0.5) is 11.4 Å². The van der Waals surface area contributed by atoms with Gasteiger partial charge < -0.3 is 15.4 Å². The van der Waals surface area contributed by atoms with Crippen LogP contribution in [0.3, 0.4) is 0 Å². The van der Waals surface area contributed by atoms with Crippen LogP contribution in [0.15, 0.2) is 36.4 Å². The fraction of sp³-hybridized carbons (Fsp3) is 0.125. The molecule has 0 atom stereocenters. The lowest BCUT2D eigenvalue weighted by Crippen LogP contribution is -2.22. The van der Waals surface area contributed by atoms with Gasteiger partial charge in [0.05, 0.1) is 40.0 Å². The first-order valence-electron chi connectivity index (χ1n) is 6.77. The zero-order valence-electron chi connectivity index (χ0n) is 12.5. The van der Waals surface area contributed by atoms with Gasteiger partial charge in [0.2, 0.25) is 5.91 Å². The minimum atomic E-state index is -0.491. The van der Waals surface area contributed by atoms with E-state index in [2.05, 4.69) is 15.4 Å². The molecule has 0 aliphatic rings. The molecule has 0 radical (unpaired) electrons. The highest BCUT2D eigenvalue weighted by Gasteiger charge is 2.10. The summed E-state index contributed by atoms with van der Waals surface area (Å²) in [7, 11) is 1.29. The molecule has 0 saturated heterocycles. The van der Waals surface area contributed by atoms with Crippen molar-refractivity contribution in [1.82, 2.24) is 0 Å². The van der Waals surface area contributed by atoms with Crippen LogP contribution >= 0.6 is 34.8 Å². The molecule has 126 valence electrons. The molecule has 0 heterocycles. The molecule has 5 nitrogen and oxygen atoms in total. The molecule has 2 N–H and O–H groups in total. The van der Waals surface area contributed by atoms with Gasteiger partial charge in [-0.3, -0.25) is 4.79 Å². The number of hydrogen-bond acceptors (Lipinski definition) is 4. The Bertz CT molecular complexity index is 781. The van der Waals surface area contributed by atoms with Crippen LogP contribution in [0.5, 0.6) is 0 Å². The Balaban J connectivity index is 2.00. The van der Waals surface area contributed by atoms with E-state index in [9.17, 15) is 9.59 Å². The number of amides is 1. The zero-order valence-corrected chi connectivity index (χ0v) is 14.8. The average molecular weight is 388 g/mol. The quantitative estimate of drug-likeness (QED) is 0.742. The summed E-state index contributed by atoms with van der Waals surface area (Å²) in [5.74, 6) is -0.803. The van der Waals surface area contributed by atoms with Gasteiger partial charge in [-0.15, -0.1) is 0 Å². The minimum Gasteiger partial charge on any atom is -0.465 e. The molecule has 0 spiro atoms. The van der Waals surface area contributed by atoms with E-state index in [-0.39, 0.29) is 12.5 Å². The summed E-state index contributed by atoms with van der Waals surface area (Å²) in [4.78, 5) is 23.5. The number of carbonyl (C=O) groups is 2. The summed E-state index contributed by atoms with van der Waals surface area (Å²) in [5.41, 5.74) is 1.30. The smallest absolute Gasteiger partial charge is 0.337 e. The number of carbonyl (C=O) groups excluding carboxylic acids is 2. The molecule has 24 heavy (non-hydrogen) atoms. The lowest BCUT2D eigenvalue weighted by atomic mass is 10.2. The largest absolute Gasteiger partial charge is 0.465 e. The Morgan fingerprint density at radius 2 is 1.71 bits per heavy atom. The zero-order chi connectivity index (χ0) is 17.7. The maximum atomic E-state index is 12.0. The number of ether oxygens (including phenoxy) is 1. The van der Waals surface area contributed by atoms with E-state index in [0.29, 0.717) is 32.0 Å². The predicted octanol–water partition coefficient (Wildman–Crippen LogP) is 4.48. The third-order valence-corrected chi connectivity index (χ3v) is 4.10. The highest BCUT2D eigenvalue weighted by Crippen LogP contribution is 2.25. The van der Waals surface area contributed by atoms with Crippen LogP contribution in [-0.2, 0) is 9.53 Å². The highest BCUT2D eigenvalue weighted by atomic mass is 35.5. The van der Waals surface area contributed by atoms with Gasteiger partial charge in [-0.05, 0) is 36.4 Å². The van der Waals surface area contributed by atoms with E-state index in [1.54, 1.807) is 24.3 Å². The Labute approximate surface area is 153 Å². The number of nitrogens with one attached hydrogen (secondary N) is 2. The van der Waals surface area contributed by atoms with Crippen LogP contribution in [0.25, 0.3) is 0 Å². The molecule has 0 aliphatic carbocycles. The van der Waals surface area contributed by atoms with Crippen molar-refractivity contribution in [1.29, 1.82) is 0 Å². The summed E-state index contributed by atoms with van der Waals surface area (Å²) in [6, 6.07) is 9.37. The van der Waals surface area contributed by atoms with Crippen LogP contribution in [0.1, 0.15) is 10.4 Å². The monoisotopic (exact) mass is 386 g/mol. The molecule has 0 saturated carbocycles. The summed E-state index contributed by atoms with van der Waals surface area (Å²) >= 11 is 17.8. The second kappa shape index (κ2) is 8.24. The molecule has 0 fully saturated rings. The van der Waals surface area contributed by atoms with Crippen molar-refractivity contribution in [3.8, 4) is 0 Å². The van der Waals surface area contributed by atoms with E-state index in [1.807, 2.05) is 0 Å². The summed E-state index contributed by atoms with van der Waals surface area (Å²) in [5, 5.41) is 6.66. The van der Waals surface area contributed by atoms with Gasteiger partial charge in [0.25, 0.3) is 0 Å². The number of rotatable bonds is 5. The van der Waals surface area contributed by atoms with Gasteiger partial charge in [-0.25, -0.2) is 4.79 Å². The molecule has 0 aliphatic heterocycles. The molecule has 2 rings (SSSR count). The van der Waals surface area contributed by atoms with Gasteiger partial charge in [0.15, 0.2) is 0 Å².